The Balaban J connectivity index is 2.12. The Morgan fingerprint density at radius 1 is 1.21 bits per heavy atom. The number of rotatable bonds is 3. The molecule has 0 aliphatic heterocycles. The molecular formula is C15H17NO3. The van der Waals surface area contributed by atoms with Crippen LogP contribution in [0.15, 0.2) is 28.7 Å². The summed E-state index contributed by atoms with van der Waals surface area (Å²) in [6.45, 7) is 5.76. The Hall–Kier alpha value is -2.23. The molecule has 1 aromatic carbocycles. The van der Waals surface area contributed by atoms with Crippen LogP contribution in [0, 0.1) is 20.8 Å². The molecule has 2 N–H and O–H groups in total. The van der Waals surface area contributed by atoms with E-state index in [1.807, 2.05) is 19.9 Å². The number of amides is 1. The average Bonchev–Trinajstić information content (AvgIpc) is 2.62. The molecule has 2 aromatic rings. The van der Waals surface area contributed by atoms with Gasteiger partial charge in [0.1, 0.15) is 17.3 Å². The van der Waals surface area contributed by atoms with Crippen molar-refractivity contribution < 1.29 is 14.3 Å². The molecule has 0 saturated carbocycles. The second kappa shape index (κ2) is 5.18. The van der Waals surface area contributed by atoms with Crippen LogP contribution in [0.3, 0.4) is 0 Å². The number of furan rings is 1. The van der Waals surface area contributed by atoms with E-state index in [-0.39, 0.29) is 18.2 Å². The van der Waals surface area contributed by atoms with Crippen LogP contribution >= 0.6 is 0 Å². The van der Waals surface area contributed by atoms with Crippen molar-refractivity contribution in [2.24, 2.45) is 0 Å². The number of benzene rings is 1. The molecule has 0 spiro atoms. The lowest BCUT2D eigenvalue weighted by molar-refractivity contribution is 0.0948. The monoisotopic (exact) mass is 259 g/mol. The molecule has 4 nitrogen and oxygen atoms in total. The molecule has 0 bridgehead atoms. The van der Waals surface area contributed by atoms with Crippen LogP contribution in [0.25, 0.3) is 0 Å². The first-order valence-electron chi connectivity index (χ1n) is 6.12. The van der Waals surface area contributed by atoms with Crippen molar-refractivity contribution in [3.63, 3.8) is 0 Å². The van der Waals surface area contributed by atoms with E-state index in [0.717, 1.165) is 11.3 Å². The average molecular weight is 259 g/mol. The molecule has 1 aromatic heterocycles. The summed E-state index contributed by atoms with van der Waals surface area (Å²) in [4.78, 5) is 12.1. The molecule has 0 fully saturated rings. The van der Waals surface area contributed by atoms with Crippen molar-refractivity contribution in [1.29, 1.82) is 0 Å². The van der Waals surface area contributed by atoms with Gasteiger partial charge < -0.3 is 14.8 Å². The minimum atomic E-state index is -0.185. The van der Waals surface area contributed by atoms with Gasteiger partial charge in [-0.3, -0.25) is 4.79 Å². The predicted octanol–water partition coefficient (Wildman–Crippen LogP) is 2.84. The number of phenols is 1. The van der Waals surface area contributed by atoms with Crippen molar-refractivity contribution in [2.75, 3.05) is 0 Å². The Kier molecular flexibility index (Phi) is 3.60. The van der Waals surface area contributed by atoms with Gasteiger partial charge in [0.2, 0.25) is 0 Å². The fourth-order valence-electron chi connectivity index (χ4n) is 2.05. The van der Waals surface area contributed by atoms with Gasteiger partial charge in [-0.1, -0.05) is 18.2 Å². The summed E-state index contributed by atoms with van der Waals surface area (Å²) < 4.78 is 5.43. The normalized spacial score (nSPS) is 10.5. The van der Waals surface area contributed by atoms with E-state index in [9.17, 15) is 9.90 Å². The zero-order valence-electron chi connectivity index (χ0n) is 11.3. The van der Waals surface area contributed by atoms with Gasteiger partial charge in [0.15, 0.2) is 0 Å². The number of phenolic OH excluding ortho intramolecular Hbond substituents is 1. The fraction of sp³-hybridized carbons (Fsp3) is 0.267. The van der Waals surface area contributed by atoms with Crippen LogP contribution in [0.4, 0.5) is 0 Å². The van der Waals surface area contributed by atoms with Crippen LogP contribution in [0.1, 0.15) is 33.0 Å². The van der Waals surface area contributed by atoms with Crippen molar-refractivity contribution in [2.45, 2.75) is 27.3 Å². The first-order chi connectivity index (χ1) is 9.00. The number of carbonyl (C=O) groups excluding carboxylic acids is 1. The number of aryl methyl sites for hydroxylation is 2. The lowest BCUT2D eigenvalue weighted by Gasteiger charge is -2.07. The van der Waals surface area contributed by atoms with Crippen LogP contribution in [0.5, 0.6) is 5.75 Å². The summed E-state index contributed by atoms with van der Waals surface area (Å²) >= 11 is 0. The van der Waals surface area contributed by atoms with Crippen molar-refractivity contribution in [3.8, 4) is 5.75 Å². The third-order valence-corrected chi connectivity index (χ3v) is 3.22. The lowest BCUT2D eigenvalue weighted by Crippen LogP contribution is -2.23. The zero-order valence-corrected chi connectivity index (χ0v) is 11.3. The highest BCUT2D eigenvalue weighted by atomic mass is 16.3. The molecule has 0 aliphatic rings. The second-order valence-corrected chi connectivity index (χ2v) is 4.53. The molecule has 0 radical (unpaired) electrons. The minimum absolute atomic E-state index is 0.180. The van der Waals surface area contributed by atoms with Crippen LogP contribution in [-0.4, -0.2) is 11.0 Å². The molecule has 0 aliphatic carbocycles. The zero-order chi connectivity index (χ0) is 14.0. The number of hydrogen-bond donors (Lipinski definition) is 2. The first kappa shape index (κ1) is 13.2. The fourth-order valence-corrected chi connectivity index (χ4v) is 2.05. The number of nitrogens with one attached hydrogen (secondary N) is 1. The number of carbonyl (C=O) groups is 1. The minimum Gasteiger partial charge on any atom is -0.508 e. The summed E-state index contributed by atoms with van der Waals surface area (Å²) in [6.07, 6.45) is 0. The van der Waals surface area contributed by atoms with Gasteiger partial charge in [-0.25, -0.2) is 0 Å². The Morgan fingerprint density at radius 3 is 2.47 bits per heavy atom. The molecule has 4 heteroatoms. The Bertz CT molecular complexity index is 614. The van der Waals surface area contributed by atoms with E-state index < -0.39 is 0 Å². The lowest BCUT2D eigenvalue weighted by atomic mass is 10.1. The summed E-state index contributed by atoms with van der Waals surface area (Å²) in [7, 11) is 0. The maximum absolute atomic E-state index is 12.1. The predicted molar refractivity (Wildman–Crippen MR) is 72.2 cm³/mol. The van der Waals surface area contributed by atoms with Gasteiger partial charge in [-0.05, 0) is 26.8 Å². The second-order valence-electron chi connectivity index (χ2n) is 4.53. The quantitative estimate of drug-likeness (QED) is 0.891. The maximum atomic E-state index is 12.1. The van der Waals surface area contributed by atoms with E-state index in [1.54, 1.807) is 25.1 Å². The van der Waals surface area contributed by atoms with E-state index >= 15 is 0 Å². The highest BCUT2D eigenvalue weighted by Gasteiger charge is 2.18. The van der Waals surface area contributed by atoms with Gasteiger partial charge in [0, 0.05) is 17.7 Å². The largest absolute Gasteiger partial charge is 0.508 e. The third kappa shape index (κ3) is 2.62. The molecule has 0 saturated heterocycles. The molecule has 2 rings (SSSR count). The maximum Gasteiger partial charge on any atom is 0.255 e. The van der Waals surface area contributed by atoms with Crippen molar-refractivity contribution in [3.05, 3.63) is 52.5 Å². The van der Waals surface area contributed by atoms with Crippen molar-refractivity contribution >= 4 is 5.91 Å². The Morgan fingerprint density at radius 2 is 1.89 bits per heavy atom. The molecule has 0 unspecified atom stereocenters. The Labute approximate surface area is 112 Å². The summed E-state index contributed by atoms with van der Waals surface area (Å²) in [6, 6.07) is 6.93. The van der Waals surface area contributed by atoms with E-state index in [2.05, 4.69) is 5.32 Å². The highest BCUT2D eigenvalue weighted by molar-refractivity contribution is 5.96. The molecule has 1 amide bonds. The molecule has 1 heterocycles. The van der Waals surface area contributed by atoms with Gasteiger partial charge in [-0.2, -0.15) is 0 Å². The van der Waals surface area contributed by atoms with Crippen LogP contribution < -0.4 is 5.32 Å². The molecule has 19 heavy (non-hydrogen) atoms. The number of aromatic hydroxyl groups is 1. The van der Waals surface area contributed by atoms with Crippen LogP contribution in [-0.2, 0) is 6.54 Å². The van der Waals surface area contributed by atoms with Gasteiger partial charge in [-0.15, -0.1) is 0 Å². The van der Waals surface area contributed by atoms with Gasteiger partial charge in [0.25, 0.3) is 5.91 Å². The van der Waals surface area contributed by atoms with Crippen LogP contribution in [0.2, 0.25) is 0 Å². The van der Waals surface area contributed by atoms with E-state index in [0.29, 0.717) is 16.9 Å². The van der Waals surface area contributed by atoms with Gasteiger partial charge >= 0.3 is 0 Å². The number of para-hydroxylation sites is 1. The topological polar surface area (TPSA) is 62.5 Å². The van der Waals surface area contributed by atoms with Crippen molar-refractivity contribution in [1.82, 2.24) is 5.32 Å². The summed E-state index contributed by atoms with van der Waals surface area (Å²) in [5.41, 5.74) is 2.12. The smallest absolute Gasteiger partial charge is 0.255 e. The SMILES string of the molecule is Cc1oc(C)c(C(=O)NCc2ccccc2O)c1C. The molecular weight excluding hydrogens is 242 g/mol. The molecule has 0 atom stereocenters. The summed E-state index contributed by atoms with van der Waals surface area (Å²) in [5.74, 6) is 1.37. The first-order valence-corrected chi connectivity index (χ1v) is 6.12. The summed E-state index contributed by atoms with van der Waals surface area (Å²) in [5, 5.41) is 12.4. The number of hydrogen-bond acceptors (Lipinski definition) is 3. The third-order valence-electron chi connectivity index (χ3n) is 3.22. The van der Waals surface area contributed by atoms with E-state index in [1.165, 1.54) is 0 Å². The molecule has 100 valence electrons. The van der Waals surface area contributed by atoms with Gasteiger partial charge in [0.05, 0.1) is 5.56 Å². The highest BCUT2D eigenvalue weighted by Crippen LogP contribution is 2.21. The standard InChI is InChI=1S/C15H17NO3/c1-9-10(2)19-11(3)14(9)15(18)16-8-12-6-4-5-7-13(12)17/h4-7,17H,8H2,1-3H3,(H,16,18). The van der Waals surface area contributed by atoms with E-state index in [4.69, 9.17) is 4.42 Å².